The highest BCUT2D eigenvalue weighted by atomic mass is 35.5. The van der Waals surface area contributed by atoms with Crippen LogP contribution in [0, 0.1) is 12.8 Å². The molecule has 0 spiro atoms. The maximum absolute atomic E-state index is 6.05. The molecule has 1 aromatic rings. The Labute approximate surface area is 156 Å². The van der Waals surface area contributed by atoms with E-state index in [2.05, 4.69) is 56.9 Å². The number of alkyl halides is 1. The highest BCUT2D eigenvalue weighted by molar-refractivity contribution is 6.19. The maximum atomic E-state index is 6.05. The van der Waals surface area contributed by atoms with Gasteiger partial charge in [0.1, 0.15) is 5.82 Å². The molecule has 2 aliphatic heterocycles. The molecule has 0 radical (unpaired) electrons. The lowest BCUT2D eigenvalue weighted by Crippen LogP contribution is -2.28. The fraction of sp³-hybridized carbons (Fsp3) is 0.571. The molecule has 2 saturated heterocycles. The molecule has 2 aliphatic rings. The zero-order valence-electron chi connectivity index (χ0n) is 15.8. The smallest absolute Gasteiger partial charge is 0.133 e. The number of aryl methyl sites for hydroxylation is 1. The Hall–Kier alpha value is -1.32. The van der Waals surface area contributed by atoms with Crippen molar-refractivity contribution in [3.63, 3.8) is 0 Å². The summed E-state index contributed by atoms with van der Waals surface area (Å²) >= 11 is 6.05. The van der Waals surface area contributed by atoms with Crippen molar-refractivity contribution in [1.29, 1.82) is 0 Å². The van der Waals surface area contributed by atoms with Crippen LogP contribution in [0.5, 0.6) is 0 Å². The number of aromatic nitrogens is 1. The van der Waals surface area contributed by atoms with E-state index in [9.17, 15) is 0 Å². The Balaban J connectivity index is 2.04. The van der Waals surface area contributed by atoms with Crippen LogP contribution in [0.25, 0.3) is 0 Å². The summed E-state index contributed by atoms with van der Waals surface area (Å²) in [6, 6.07) is 4.43. The van der Waals surface area contributed by atoms with E-state index in [1.807, 2.05) is 0 Å². The second kappa shape index (κ2) is 7.51. The van der Waals surface area contributed by atoms with Gasteiger partial charge in [0.2, 0.25) is 0 Å². The Kier molecular flexibility index (Phi) is 5.55. The van der Waals surface area contributed by atoms with Crippen molar-refractivity contribution in [1.82, 2.24) is 4.98 Å². The average Bonchev–Trinajstić information content (AvgIpc) is 3.20. The molecule has 2 unspecified atom stereocenters. The minimum atomic E-state index is 0.0614. The summed E-state index contributed by atoms with van der Waals surface area (Å²) in [5.41, 5.74) is 5.06. The fourth-order valence-electron chi connectivity index (χ4n) is 4.16. The minimum Gasteiger partial charge on any atom is -0.380 e. The Morgan fingerprint density at radius 3 is 2.84 bits per heavy atom. The Morgan fingerprint density at radius 1 is 1.44 bits per heavy atom. The van der Waals surface area contributed by atoms with E-state index in [4.69, 9.17) is 21.3 Å². The SMILES string of the molecule is C/C=C1\C(=C/CCl)N(c2cc(C)cc(C3(CC)CCOC3)n2)CC1C. The number of pyridine rings is 1. The number of halogens is 1. The minimum absolute atomic E-state index is 0.0614. The highest BCUT2D eigenvalue weighted by Crippen LogP contribution is 2.39. The predicted octanol–water partition coefficient (Wildman–Crippen LogP) is 4.98. The molecule has 0 N–H and O–H groups in total. The molecule has 136 valence electrons. The lowest BCUT2D eigenvalue weighted by Gasteiger charge is -2.28. The van der Waals surface area contributed by atoms with Crippen LogP contribution in [0.15, 0.2) is 35.6 Å². The molecule has 3 nitrogen and oxygen atoms in total. The molecule has 4 heteroatoms. The van der Waals surface area contributed by atoms with Crippen LogP contribution >= 0.6 is 11.6 Å². The molecule has 0 aliphatic carbocycles. The number of allylic oxidation sites excluding steroid dienone is 3. The summed E-state index contributed by atoms with van der Waals surface area (Å²) in [4.78, 5) is 7.44. The topological polar surface area (TPSA) is 25.4 Å². The van der Waals surface area contributed by atoms with Gasteiger partial charge in [-0.15, -0.1) is 11.6 Å². The first-order valence-corrected chi connectivity index (χ1v) is 9.85. The number of hydrogen-bond acceptors (Lipinski definition) is 3. The van der Waals surface area contributed by atoms with Crippen LogP contribution in [0.2, 0.25) is 0 Å². The molecule has 3 heterocycles. The summed E-state index contributed by atoms with van der Waals surface area (Å²) in [6.45, 7) is 11.3. The molecule has 3 rings (SSSR count). The summed E-state index contributed by atoms with van der Waals surface area (Å²) < 4.78 is 5.73. The van der Waals surface area contributed by atoms with Crippen molar-refractivity contribution < 1.29 is 4.74 Å². The van der Waals surface area contributed by atoms with E-state index in [-0.39, 0.29) is 5.41 Å². The average molecular weight is 361 g/mol. The molecule has 1 aromatic heterocycles. The van der Waals surface area contributed by atoms with Gasteiger partial charge in [-0.3, -0.25) is 0 Å². The number of nitrogens with zero attached hydrogens (tertiary/aromatic N) is 2. The monoisotopic (exact) mass is 360 g/mol. The van der Waals surface area contributed by atoms with Crippen molar-refractivity contribution in [3.8, 4) is 0 Å². The molecule has 0 bridgehead atoms. The van der Waals surface area contributed by atoms with Gasteiger partial charge in [0.05, 0.1) is 12.3 Å². The third-order valence-corrected chi connectivity index (χ3v) is 5.87. The van der Waals surface area contributed by atoms with Crippen LogP contribution in [0.4, 0.5) is 5.82 Å². The molecule has 0 saturated carbocycles. The van der Waals surface area contributed by atoms with Crippen molar-refractivity contribution in [3.05, 3.63) is 46.8 Å². The first kappa shape index (κ1) is 18.5. The molecule has 2 atom stereocenters. The fourth-order valence-corrected chi connectivity index (χ4v) is 4.30. The first-order valence-electron chi connectivity index (χ1n) is 9.31. The zero-order valence-corrected chi connectivity index (χ0v) is 16.6. The number of hydrogen-bond donors (Lipinski definition) is 0. The quantitative estimate of drug-likeness (QED) is 0.708. The summed E-state index contributed by atoms with van der Waals surface area (Å²) in [7, 11) is 0. The molecule has 0 amide bonds. The first-order chi connectivity index (χ1) is 12.0. The maximum Gasteiger partial charge on any atom is 0.133 e. The molecule has 25 heavy (non-hydrogen) atoms. The third-order valence-electron chi connectivity index (χ3n) is 5.71. The number of rotatable bonds is 4. The highest BCUT2D eigenvalue weighted by Gasteiger charge is 2.37. The van der Waals surface area contributed by atoms with E-state index in [0.717, 1.165) is 38.4 Å². The molecular formula is C21H29ClN2O. The van der Waals surface area contributed by atoms with E-state index in [0.29, 0.717) is 11.8 Å². The van der Waals surface area contributed by atoms with E-state index >= 15 is 0 Å². The standard InChI is InChI=1S/C21H29ClN2O/c1-5-17-16(4)13-24(18(17)7-9-22)20-12-15(3)11-19(23-20)21(6-2)8-10-25-14-21/h5,7,11-12,16H,6,8-10,13-14H2,1-4H3/b17-5-,18-7+. The van der Waals surface area contributed by atoms with Crippen molar-refractivity contribution in [2.75, 3.05) is 30.5 Å². The van der Waals surface area contributed by atoms with Gasteiger partial charge in [0, 0.05) is 36.1 Å². The number of ether oxygens (including phenoxy) is 1. The van der Waals surface area contributed by atoms with Gasteiger partial charge >= 0.3 is 0 Å². The van der Waals surface area contributed by atoms with Crippen molar-refractivity contribution in [2.24, 2.45) is 5.92 Å². The van der Waals surface area contributed by atoms with Crippen molar-refractivity contribution in [2.45, 2.75) is 46.0 Å². The van der Waals surface area contributed by atoms with Gasteiger partial charge in [-0.1, -0.05) is 19.9 Å². The lowest BCUT2D eigenvalue weighted by atomic mass is 9.80. The largest absolute Gasteiger partial charge is 0.380 e. The summed E-state index contributed by atoms with van der Waals surface area (Å²) in [6.07, 6.45) is 6.43. The van der Waals surface area contributed by atoms with E-state index in [1.54, 1.807) is 0 Å². The third kappa shape index (κ3) is 3.37. The zero-order chi connectivity index (χ0) is 18.0. The van der Waals surface area contributed by atoms with Gasteiger partial charge in [0.15, 0.2) is 0 Å². The van der Waals surface area contributed by atoms with Gasteiger partial charge in [0.25, 0.3) is 0 Å². The lowest BCUT2D eigenvalue weighted by molar-refractivity contribution is 0.174. The molecular weight excluding hydrogens is 332 g/mol. The Morgan fingerprint density at radius 2 is 2.24 bits per heavy atom. The van der Waals surface area contributed by atoms with Crippen LogP contribution < -0.4 is 4.90 Å². The van der Waals surface area contributed by atoms with Crippen LogP contribution in [0.3, 0.4) is 0 Å². The summed E-state index contributed by atoms with van der Waals surface area (Å²) in [5, 5.41) is 0. The van der Waals surface area contributed by atoms with Gasteiger partial charge < -0.3 is 9.64 Å². The summed E-state index contributed by atoms with van der Waals surface area (Å²) in [5.74, 6) is 2.04. The van der Waals surface area contributed by atoms with E-state index < -0.39 is 0 Å². The van der Waals surface area contributed by atoms with E-state index in [1.165, 1.54) is 22.5 Å². The van der Waals surface area contributed by atoms with Gasteiger partial charge in [-0.2, -0.15) is 0 Å². The second-order valence-corrected chi connectivity index (χ2v) is 7.63. The predicted molar refractivity (Wildman–Crippen MR) is 105 cm³/mol. The van der Waals surface area contributed by atoms with Crippen LogP contribution in [-0.4, -0.2) is 30.6 Å². The van der Waals surface area contributed by atoms with Crippen LogP contribution in [0.1, 0.15) is 44.9 Å². The second-order valence-electron chi connectivity index (χ2n) is 7.32. The Bertz CT molecular complexity index is 689. The van der Waals surface area contributed by atoms with Gasteiger partial charge in [-0.25, -0.2) is 4.98 Å². The van der Waals surface area contributed by atoms with Crippen LogP contribution in [-0.2, 0) is 10.2 Å². The van der Waals surface area contributed by atoms with Gasteiger partial charge in [-0.05, 0) is 56.0 Å². The number of anilines is 1. The van der Waals surface area contributed by atoms with Crippen molar-refractivity contribution >= 4 is 17.4 Å². The molecule has 2 fully saturated rings. The molecule has 0 aromatic carbocycles. The normalized spacial score (nSPS) is 30.0.